The zero-order valence-electron chi connectivity index (χ0n) is 13.2. The second kappa shape index (κ2) is 11.0. The number of amides is 1. The lowest BCUT2D eigenvalue weighted by Crippen LogP contribution is -2.39. The molecule has 1 unspecified atom stereocenters. The Hall–Kier alpha value is -0.750. The van der Waals surface area contributed by atoms with Gasteiger partial charge in [-0.05, 0) is 13.3 Å². The predicted octanol–water partition coefficient (Wildman–Crippen LogP) is 1.53. The maximum atomic E-state index is 12.2. The molecule has 118 valence electrons. The molecule has 0 radical (unpaired) electrons. The van der Waals surface area contributed by atoms with Gasteiger partial charge in [0.2, 0.25) is 5.91 Å². The molecular formula is C14H30N4OS. The molecular weight excluding hydrogens is 272 g/mol. The first-order chi connectivity index (χ1) is 9.40. The second-order valence-corrected chi connectivity index (χ2v) is 6.41. The number of hydrogen-bond acceptors (Lipinski definition) is 4. The quantitative estimate of drug-likeness (QED) is 0.307. The van der Waals surface area contributed by atoms with Gasteiger partial charge in [-0.15, -0.1) is 0 Å². The van der Waals surface area contributed by atoms with E-state index in [1.54, 1.807) is 11.8 Å². The topological polar surface area (TPSA) is 82.2 Å². The number of hydrogen-bond donors (Lipinski definition) is 3. The molecule has 0 aromatic rings. The molecule has 0 bridgehead atoms. The Morgan fingerprint density at radius 3 is 2.65 bits per heavy atom. The van der Waals surface area contributed by atoms with Gasteiger partial charge in [-0.2, -0.15) is 11.8 Å². The van der Waals surface area contributed by atoms with E-state index >= 15 is 0 Å². The van der Waals surface area contributed by atoms with Crippen LogP contribution in [0.2, 0.25) is 0 Å². The minimum atomic E-state index is 0.0529. The summed E-state index contributed by atoms with van der Waals surface area (Å²) in [6.07, 6.45) is 2.15. The molecule has 0 fully saturated rings. The number of thioether (sulfide) groups is 1. The van der Waals surface area contributed by atoms with Crippen LogP contribution in [0.15, 0.2) is 0 Å². The molecule has 20 heavy (non-hydrogen) atoms. The van der Waals surface area contributed by atoms with Crippen LogP contribution in [-0.2, 0) is 4.79 Å². The van der Waals surface area contributed by atoms with Crippen molar-refractivity contribution in [2.75, 3.05) is 31.6 Å². The molecule has 0 saturated heterocycles. The highest BCUT2D eigenvalue weighted by molar-refractivity contribution is 7.99. The number of amidine groups is 1. The molecule has 0 aromatic carbocycles. The molecule has 0 saturated carbocycles. The summed E-state index contributed by atoms with van der Waals surface area (Å²) in [6, 6.07) is 0.317. The first-order valence-corrected chi connectivity index (χ1v) is 8.43. The lowest BCUT2D eigenvalue weighted by molar-refractivity contribution is -0.134. The summed E-state index contributed by atoms with van der Waals surface area (Å²) in [7, 11) is 1.90. The zero-order valence-corrected chi connectivity index (χ0v) is 14.1. The van der Waals surface area contributed by atoms with E-state index in [4.69, 9.17) is 11.1 Å². The summed E-state index contributed by atoms with van der Waals surface area (Å²) < 4.78 is 0. The molecule has 4 N–H and O–H groups in total. The normalized spacial score (nSPS) is 13.8. The third kappa shape index (κ3) is 8.43. The standard InChI is InChI=1S/C14H30N4OS/c1-5-6-12(3)18(4)14(19)11(2)10-20-8-7-17-9-13(15)16/h11-12,17H,5-10H2,1-4H3,(H3,15,16)/t11-,12?/m1/s1. The van der Waals surface area contributed by atoms with Crippen molar-refractivity contribution in [1.82, 2.24) is 10.2 Å². The molecule has 0 rings (SSSR count). The van der Waals surface area contributed by atoms with Crippen LogP contribution in [0.1, 0.15) is 33.6 Å². The molecule has 0 aliphatic heterocycles. The van der Waals surface area contributed by atoms with Crippen LogP contribution in [0.4, 0.5) is 0 Å². The number of carbonyl (C=O) groups is 1. The minimum Gasteiger partial charge on any atom is -0.387 e. The van der Waals surface area contributed by atoms with Gasteiger partial charge in [0.15, 0.2) is 0 Å². The highest BCUT2D eigenvalue weighted by Crippen LogP contribution is 2.13. The van der Waals surface area contributed by atoms with E-state index in [2.05, 4.69) is 19.2 Å². The third-order valence-corrected chi connectivity index (χ3v) is 4.47. The number of rotatable bonds is 11. The maximum Gasteiger partial charge on any atom is 0.226 e. The molecule has 0 aromatic heterocycles. The predicted molar refractivity (Wildman–Crippen MR) is 88.4 cm³/mol. The molecule has 2 atom stereocenters. The molecule has 6 heteroatoms. The van der Waals surface area contributed by atoms with Crippen LogP contribution < -0.4 is 11.1 Å². The Bertz CT molecular complexity index is 299. The van der Waals surface area contributed by atoms with E-state index in [-0.39, 0.29) is 17.7 Å². The summed E-state index contributed by atoms with van der Waals surface area (Å²) in [5.74, 6) is 2.21. The fourth-order valence-corrected chi connectivity index (χ4v) is 2.83. The number of nitrogens with zero attached hydrogens (tertiary/aromatic N) is 1. The van der Waals surface area contributed by atoms with Crippen LogP contribution >= 0.6 is 11.8 Å². The SMILES string of the molecule is CCCC(C)N(C)C(=O)[C@H](C)CSCCNCC(=N)N. The summed E-state index contributed by atoms with van der Waals surface area (Å²) in [4.78, 5) is 14.1. The molecule has 1 amide bonds. The van der Waals surface area contributed by atoms with Crippen molar-refractivity contribution in [3.63, 3.8) is 0 Å². The fraction of sp³-hybridized carbons (Fsp3) is 0.857. The van der Waals surface area contributed by atoms with Crippen LogP contribution in [0.5, 0.6) is 0 Å². The van der Waals surface area contributed by atoms with E-state index in [1.807, 2.05) is 18.9 Å². The average Bonchev–Trinajstić information content (AvgIpc) is 2.40. The van der Waals surface area contributed by atoms with Gasteiger partial charge in [-0.3, -0.25) is 10.2 Å². The number of carbonyl (C=O) groups excluding carboxylic acids is 1. The third-order valence-electron chi connectivity index (χ3n) is 3.24. The van der Waals surface area contributed by atoms with Gasteiger partial charge in [0.05, 0.1) is 6.54 Å². The summed E-state index contributed by atoms with van der Waals surface area (Å²) in [5, 5.41) is 10.2. The Morgan fingerprint density at radius 1 is 1.45 bits per heavy atom. The monoisotopic (exact) mass is 302 g/mol. The zero-order chi connectivity index (χ0) is 15.5. The highest BCUT2D eigenvalue weighted by atomic mass is 32.2. The Morgan fingerprint density at radius 2 is 2.10 bits per heavy atom. The Kier molecular flexibility index (Phi) is 10.6. The van der Waals surface area contributed by atoms with E-state index in [9.17, 15) is 4.79 Å². The maximum absolute atomic E-state index is 12.2. The van der Waals surface area contributed by atoms with Gasteiger partial charge < -0.3 is 16.0 Å². The molecule has 0 aliphatic carbocycles. The van der Waals surface area contributed by atoms with Crippen molar-refractivity contribution in [2.45, 2.75) is 39.7 Å². The highest BCUT2D eigenvalue weighted by Gasteiger charge is 2.20. The lowest BCUT2D eigenvalue weighted by Gasteiger charge is -2.27. The van der Waals surface area contributed by atoms with Gasteiger partial charge >= 0.3 is 0 Å². The van der Waals surface area contributed by atoms with Crippen molar-refractivity contribution in [3.05, 3.63) is 0 Å². The Labute approximate surface area is 127 Å². The molecule has 0 aliphatic rings. The Balaban J connectivity index is 3.82. The van der Waals surface area contributed by atoms with Crippen molar-refractivity contribution in [1.29, 1.82) is 5.41 Å². The second-order valence-electron chi connectivity index (χ2n) is 5.26. The largest absolute Gasteiger partial charge is 0.387 e. The van der Waals surface area contributed by atoms with Gasteiger partial charge in [0.25, 0.3) is 0 Å². The fourth-order valence-electron chi connectivity index (χ4n) is 1.88. The molecule has 5 nitrogen and oxygen atoms in total. The summed E-state index contributed by atoms with van der Waals surface area (Å²) in [6.45, 7) is 7.49. The molecule has 0 spiro atoms. The van der Waals surface area contributed by atoms with Gasteiger partial charge in [0.1, 0.15) is 5.84 Å². The van der Waals surface area contributed by atoms with Gasteiger partial charge in [-0.1, -0.05) is 20.3 Å². The summed E-state index contributed by atoms with van der Waals surface area (Å²) in [5.41, 5.74) is 5.25. The first-order valence-electron chi connectivity index (χ1n) is 7.28. The van der Waals surface area contributed by atoms with Crippen LogP contribution in [0, 0.1) is 11.3 Å². The number of nitrogens with two attached hydrogens (primary N) is 1. The van der Waals surface area contributed by atoms with Crippen LogP contribution in [-0.4, -0.2) is 54.3 Å². The average molecular weight is 302 g/mol. The van der Waals surface area contributed by atoms with Crippen LogP contribution in [0.25, 0.3) is 0 Å². The smallest absolute Gasteiger partial charge is 0.226 e. The van der Waals surface area contributed by atoms with E-state index < -0.39 is 0 Å². The summed E-state index contributed by atoms with van der Waals surface area (Å²) >= 11 is 1.76. The van der Waals surface area contributed by atoms with Crippen LogP contribution in [0.3, 0.4) is 0 Å². The lowest BCUT2D eigenvalue weighted by atomic mass is 10.1. The van der Waals surface area contributed by atoms with Crippen molar-refractivity contribution in [3.8, 4) is 0 Å². The molecule has 0 heterocycles. The van der Waals surface area contributed by atoms with Crippen molar-refractivity contribution < 1.29 is 4.79 Å². The van der Waals surface area contributed by atoms with Gasteiger partial charge in [-0.25, -0.2) is 0 Å². The van der Waals surface area contributed by atoms with E-state index in [1.165, 1.54) is 0 Å². The van der Waals surface area contributed by atoms with Crippen molar-refractivity contribution >= 4 is 23.5 Å². The van der Waals surface area contributed by atoms with Crippen molar-refractivity contribution in [2.24, 2.45) is 11.7 Å². The first kappa shape index (κ1) is 19.2. The van der Waals surface area contributed by atoms with E-state index in [0.717, 1.165) is 30.9 Å². The van der Waals surface area contributed by atoms with Gasteiger partial charge in [0, 0.05) is 37.1 Å². The number of nitrogens with one attached hydrogen (secondary N) is 2. The minimum absolute atomic E-state index is 0.0529. The van der Waals surface area contributed by atoms with E-state index in [0.29, 0.717) is 12.6 Å².